The maximum Gasteiger partial charge on any atom is 0.156 e. The van der Waals surface area contributed by atoms with Crippen molar-refractivity contribution in [3.8, 4) is 0 Å². The average molecular weight is 326 g/mol. The SMILES string of the molecule is CC(C)[Si](c1cccc2nc3[nH]ccc3nc12)(C(C)C)C(C)C. The predicted octanol–water partition coefficient (Wildman–Crippen LogP) is 5.00. The molecular formula is C19H27N3Si. The molecule has 0 aliphatic heterocycles. The molecule has 23 heavy (non-hydrogen) atoms. The van der Waals surface area contributed by atoms with Crippen LogP contribution in [-0.4, -0.2) is 23.0 Å². The summed E-state index contributed by atoms with van der Waals surface area (Å²) in [7, 11) is -1.75. The van der Waals surface area contributed by atoms with E-state index >= 15 is 0 Å². The molecule has 2 aromatic heterocycles. The average Bonchev–Trinajstić information content (AvgIpc) is 2.91. The highest BCUT2D eigenvalue weighted by molar-refractivity contribution is 6.96. The Labute approximate surface area is 139 Å². The van der Waals surface area contributed by atoms with Crippen LogP contribution in [0.2, 0.25) is 16.6 Å². The Bertz CT molecular complexity index is 811. The molecule has 4 heteroatoms. The lowest BCUT2D eigenvalue weighted by Crippen LogP contribution is -2.56. The van der Waals surface area contributed by atoms with E-state index in [2.05, 4.69) is 64.7 Å². The highest BCUT2D eigenvalue weighted by atomic mass is 28.3. The lowest BCUT2D eigenvalue weighted by atomic mass is 10.3. The van der Waals surface area contributed by atoms with Gasteiger partial charge in [-0.3, -0.25) is 0 Å². The normalized spacial score (nSPS) is 13.1. The minimum absolute atomic E-state index is 0.664. The summed E-state index contributed by atoms with van der Waals surface area (Å²) in [6.45, 7) is 14.4. The number of benzene rings is 1. The first kappa shape index (κ1) is 16.2. The van der Waals surface area contributed by atoms with Crippen LogP contribution in [0, 0.1) is 0 Å². The van der Waals surface area contributed by atoms with E-state index in [9.17, 15) is 0 Å². The number of fused-ring (bicyclic) bond motifs is 2. The first-order valence-electron chi connectivity index (χ1n) is 8.63. The Morgan fingerprint density at radius 2 is 1.48 bits per heavy atom. The van der Waals surface area contributed by atoms with E-state index in [1.807, 2.05) is 12.3 Å². The van der Waals surface area contributed by atoms with E-state index in [0.29, 0.717) is 16.6 Å². The minimum Gasteiger partial charge on any atom is -0.345 e. The third kappa shape index (κ3) is 2.31. The van der Waals surface area contributed by atoms with Crippen molar-refractivity contribution in [3.05, 3.63) is 30.5 Å². The summed E-state index contributed by atoms with van der Waals surface area (Å²) >= 11 is 0. The zero-order chi connectivity index (χ0) is 16.8. The number of aromatic nitrogens is 3. The quantitative estimate of drug-likeness (QED) is 0.686. The van der Waals surface area contributed by atoms with Crippen molar-refractivity contribution in [2.45, 2.75) is 58.2 Å². The summed E-state index contributed by atoms with van der Waals surface area (Å²) in [5, 5.41) is 1.48. The molecule has 0 saturated carbocycles. The van der Waals surface area contributed by atoms with Gasteiger partial charge in [-0.2, -0.15) is 0 Å². The van der Waals surface area contributed by atoms with E-state index in [1.165, 1.54) is 5.19 Å². The smallest absolute Gasteiger partial charge is 0.156 e. The van der Waals surface area contributed by atoms with Gasteiger partial charge in [-0.15, -0.1) is 0 Å². The zero-order valence-corrected chi connectivity index (χ0v) is 16.0. The Kier molecular flexibility index (Phi) is 4.04. The van der Waals surface area contributed by atoms with E-state index in [-0.39, 0.29) is 0 Å². The Hall–Kier alpha value is -1.68. The molecule has 3 rings (SSSR count). The first-order valence-corrected chi connectivity index (χ1v) is 10.9. The predicted molar refractivity (Wildman–Crippen MR) is 102 cm³/mol. The van der Waals surface area contributed by atoms with Crippen LogP contribution in [0.5, 0.6) is 0 Å². The van der Waals surface area contributed by atoms with Gasteiger partial charge in [-0.1, -0.05) is 53.7 Å². The number of hydrogen-bond donors (Lipinski definition) is 1. The molecule has 0 aliphatic carbocycles. The molecule has 0 fully saturated rings. The molecule has 3 aromatic rings. The van der Waals surface area contributed by atoms with Gasteiger partial charge in [0.15, 0.2) is 5.65 Å². The largest absolute Gasteiger partial charge is 0.345 e. The molecule has 0 aliphatic rings. The maximum absolute atomic E-state index is 4.99. The molecule has 122 valence electrons. The fourth-order valence-electron chi connectivity index (χ4n) is 4.79. The highest BCUT2D eigenvalue weighted by Crippen LogP contribution is 2.42. The Morgan fingerprint density at radius 3 is 2.09 bits per heavy atom. The van der Waals surface area contributed by atoms with Gasteiger partial charge in [0.2, 0.25) is 0 Å². The van der Waals surface area contributed by atoms with Crippen molar-refractivity contribution < 1.29 is 0 Å². The minimum atomic E-state index is -1.75. The second-order valence-corrected chi connectivity index (χ2v) is 13.4. The standard InChI is InChI=1S/C19H27N3Si/c1-12(2)23(13(3)4,14(5)6)17-9-7-8-15-18(17)21-16-10-11-20-19(16)22-15/h7-14H,1-6H3,(H,20,22). The van der Waals surface area contributed by atoms with Gasteiger partial charge in [0.25, 0.3) is 0 Å². The molecule has 0 bridgehead atoms. The van der Waals surface area contributed by atoms with Gasteiger partial charge in [0.1, 0.15) is 5.52 Å². The molecule has 0 spiro atoms. The fraction of sp³-hybridized carbons (Fsp3) is 0.474. The van der Waals surface area contributed by atoms with Crippen LogP contribution in [0.15, 0.2) is 30.5 Å². The number of para-hydroxylation sites is 1. The summed E-state index contributed by atoms with van der Waals surface area (Å²) in [6.07, 6.45) is 1.92. The summed E-state index contributed by atoms with van der Waals surface area (Å²) in [6, 6.07) is 8.59. The monoisotopic (exact) mass is 325 g/mol. The molecule has 1 aromatic carbocycles. The molecule has 2 heterocycles. The van der Waals surface area contributed by atoms with Crippen molar-refractivity contribution in [2.24, 2.45) is 0 Å². The van der Waals surface area contributed by atoms with Crippen molar-refractivity contribution in [1.29, 1.82) is 0 Å². The van der Waals surface area contributed by atoms with Crippen LogP contribution < -0.4 is 5.19 Å². The van der Waals surface area contributed by atoms with Crippen LogP contribution in [-0.2, 0) is 0 Å². The van der Waals surface area contributed by atoms with E-state index in [0.717, 1.165) is 22.2 Å². The third-order valence-electron chi connectivity index (χ3n) is 5.52. The summed E-state index contributed by atoms with van der Waals surface area (Å²) in [4.78, 5) is 13.0. The van der Waals surface area contributed by atoms with Crippen molar-refractivity contribution >= 4 is 35.5 Å². The second-order valence-electron chi connectivity index (χ2n) is 7.51. The van der Waals surface area contributed by atoms with E-state index in [1.54, 1.807) is 0 Å². The summed E-state index contributed by atoms with van der Waals surface area (Å²) in [5.41, 5.74) is 5.95. The van der Waals surface area contributed by atoms with Gasteiger partial charge < -0.3 is 4.98 Å². The van der Waals surface area contributed by atoms with Crippen molar-refractivity contribution in [1.82, 2.24) is 15.0 Å². The summed E-state index contributed by atoms with van der Waals surface area (Å²) < 4.78 is 0. The lowest BCUT2D eigenvalue weighted by Gasteiger charge is -2.43. The Morgan fingerprint density at radius 1 is 0.826 bits per heavy atom. The number of nitrogens with zero attached hydrogens (tertiary/aromatic N) is 2. The molecule has 1 N–H and O–H groups in total. The van der Waals surface area contributed by atoms with Gasteiger partial charge in [-0.05, 0) is 33.9 Å². The van der Waals surface area contributed by atoms with Gasteiger partial charge in [0, 0.05) is 6.20 Å². The molecule has 0 amide bonds. The Balaban J connectivity index is 2.40. The number of hydrogen-bond acceptors (Lipinski definition) is 2. The second kappa shape index (κ2) is 5.75. The first-order chi connectivity index (χ1) is 10.9. The van der Waals surface area contributed by atoms with Crippen LogP contribution in [0.1, 0.15) is 41.5 Å². The van der Waals surface area contributed by atoms with Crippen LogP contribution in [0.4, 0.5) is 0 Å². The number of rotatable bonds is 4. The molecule has 0 radical (unpaired) electrons. The zero-order valence-electron chi connectivity index (χ0n) is 15.0. The topological polar surface area (TPSA) is 41.6 Å². The van der Waals surface area contributed by atoms with Crippen molar-refractivity contribution in [3.63, 3.8) is 0 Å². The van der Waals surface area contributed by atoms with Gasteiger partial charge in [-0.25, -0.2) is 9.97 Å². The van der Waals surface area contributed by atoms with Gasteiger partial charge >= 0.3 is 0 Å². The van der Waals surface area contributed by atoms with Gasteiger partial charge in [0.05, 0.1) is 19.1 Å². The molecule has 3 nitrogen and oxygen atoms in total. The lowest BCUT2D eigenvalue weighted by molar-refractivity contribution is 0.835. The third-order valence-corrected chi connectivity index (χ3v) is 12.6. The van der Waals surface area contributed by atoms with Crippen LogP contribution >= 0.6 is 0 Å². The molecule has 0 unspecified atom stereocenters. The van der Waals surface area contributed by atoms with E-state index in [4.69, 9.17) is 9.97 Å². The number of H-pyrrole nitrogens is 1. The van der Waals surface area contributed by atoms with E-state index < -0.39 is 8.07 Å². The number of aromatic amines is 1. The van der Waals surface area contributed by atoms with Crippen LogP contribution in [0.3, 0.4) is 0 Å². The molecular weight excluding hydrogens is 298 g/mol. The maximum atomic E-state index is 4.99. The van der Waals surface area contributed by atoms with Crippen molar-refractivity contribution in [2.75, 3.05) is 0 Å². The number of nitrogens with one attached hydrogen (secondary N) is 1. The molecule has 0 saturated heterocycles. The summed E-state index contributed by atoms with van der Waals surface area (Å²) in [5.74, 6) is 0. The highest BCUT2D eigenvalue weighted by Gasteiger charge is 2.45. The van der Waals surface area contributed by atoms with Crippen LogP contribution in [0.25, 0.3) is 22.2 Å². The molecule has 0 atom stereocenters. The fourth-order valence-corrected chi connectivity index (χ4v) is 11.6.